The first kappa shape index (κ1) is 25.5. The third kappa shape index (κ3) is 5.72. The van der Waals surface area contributed by atoms with Gasteiger partial charge < -0.3 is 13.9 Å². The Bertz CT molecular complexity index is 1670. The van der Waals surface area contributed by atoms with Crippen LogP contribution < -0.4 is 0 Å². The van der Waals surface area contributed by atoms with Gasteiger partial charge >= 0.3 is 0 Å². The first-order valence-corrected chi connectivity index (χ1v) is 11.8. The van der Waals surface area contributed by atoms with Crippen LogP contribution in [0.5, 0.6) is 0 Å². The van der Waals surface area contributed by atoms with E-state index in [-0.39, 0.29) is 35.7 Å². The van der Waals surface area contributed by atoms with Crippen molar-refractivity contribution >= 4 is 5.91 Å². The number of carbonyl (C=O) groups is 1. The molecular formula is C29H20F3N5O2. The minimum Gasteiger partial charge on any atom is -0.451 e. The number of furan rings is 1. The van der Waals surface area contributed by atoms with Gasteiger partial charge in [-0.2, -0.15) is 5.26 Å². The van der Waals surface area contributed by atoms with Gasteiger partial charge in [-0.3, -0.25) is 4.79 Å². The highest BCUT2D eigenvalue weighted by Crippen LogP contribution is 2.26. The molecule has 39 heavy (non-hydrogen) atoms. The molecule has 0 aliphatic rings. The molecule has 5 rings (SSSR count). The van der Waals surface area contributed by atoms with Crippen LogP contribution in [0.3, 0.4) is 0 Å². The highest BCUT2D eigenvalue weighted by atomic mass is 19.1. The van der Waals surface area contributed by atoms with E-state index in [4.69, 9.17) is 9.68 Å². The van der Waals surface area contributed by atoms with Crippen LogP contribution in [0.2, 0.25) is 0 Å². The van der Waals surface area contributed by atoms with Crippen LogP contribution in [0, 0.1) is 28.8 Å². The van der Waals surface area contributed by atoms with Crippen LogP contribution in [-0.4, -0.2) is 25.6 Å². The maximum Gasteiger partial charge on any atom is 0.290 e. The van der Waals surface area contributed by atoms with E-state index in [2.05, 4.69) is 16.3 Å². The van der Waals surface area contributed by atoms with E-state index < -0.39 is 23.4 Å². The summed E-state index contributed by atoms with van der Waals surface area (Å²) in [5, 5.41) is 17.1. The summed E-state index contributed by atoms with van der Waals surface area (Å²) in [6.45, 7) is 0.0607. The zero-order chi connectivity index (χ0) is 27.4. The first-order valence-electron chi connectivity index (χ1n) is 11.8. The molecule has 0 saturated heterocycles. The normalized spacial score (nSPS) is 10.8. The number of nitriles is 1. The van der Waals surface area contributed by atoms with Crippen molar-refractivity contribution in [3.05, 3.63) is 131 Å². The Morgan fingerprint density at radius 2 is 1.74 bits per heavy atom. The van der Waals surface area contributed by atoms with Crippen molar-refractivity contribution in [2.75, 3.05) is 0 Å². The number of benzene rings is 3. The minimum absolute atomic E-state index is 0.0817. The molecule has 5 aromatic rings. The molecule has 3 aromatic carbocycles. The van der Waals surface area contributed by atoms with Gasteiger partial charge in [-0.25, -0.2) is 13.2 Å². The van der Waals surface area contributed by atoms with Crippen molar-refractivity contribution in [3.8, 4) is 17.4 Å². The average molecular weight is 528 g/mol. The number of amides is 1. The van der Waals surface area contributed by atoms with Crippen molar-refractivity contribution in [1.82, 2.24) is 19.7 Å². The van der Waals surface area contributed by atoms with Crippen LogP contribution in [0.1, 0.15) is 33.1 Å². The summed E-state index contributed by atoms with van der Waals surface area (Å²) in [5.74, 6) is -2.19. The van der Waals surface area contributed by atoms with Crippen LogP contribution in [0.15, 0.2) is 89.6 Å². The molecule has 0 spiro atoms. The summed E-state index contributed by atoms with van der Waals surface area (Å²) in [6.07, 6.45) is 1.50. The molecule has 0 radical (unpaired) electrons. The number of aromatic nitrogens is 3. The van der Waals surface area contributed by atoms with E-state index in [0.29, 0.717) is 17.9 Å². The number of hydrogen-bond acceptors (Lipinski definition) is 5. The topological polar surface area (TPSA) is 88.0 Å². The molecule has 10 heteroatoms. The average Bonchev–Trinajstić information content (AvgIpc) is 3.60. The van der Waals surface area contributed by atoms with Gasteiger partial charge in [-0.1, -0.05) is 30.3 Å². The Morgan fingerprint density at radius 3 is 2.49 bits per heavy atom. The van der Waals surface area contributed by atoms with Crippen LogP contribution in [0.4, 0.5) is 13.2 Å². The van der Waals surface area contributed by atoms with Gasteiger partial charge in [-0.15, -0.1) is 10.2 Å². The van der Waals surface area contributed by atoms with Crippen molar-refractivity contribution in [2.45, 2.75) is 19.6 Å². The molecule has 7 nitrogen and oxygen atoms in total. The second-order valence-corrected chi connectivity index (χ2v) is 8.72. The lowest BCUT2D eigenvalue weighted by molar-refractivity contribution is 0.0690. The summed E-state index contributed by atoms with van der Waals surface area (Å²) in [6, 6.07) is 21.1. The molecule has 0 aliphatic heterocycles. The Hall–Kier alpha value is -5.17. The fourth-order valence-electron chi connectivity index (χ4n) is 4.06. The standard InChI is InChI=1S/C29H20F3N5O2/c30-22-10-9-21(25(32)13-22)16-36(29(38)27-12-11-26(39-27)23-3-1-2-4-24(23)31)17-28-35-34-18-37(28)15-20-7-5-19(14-33)6-8-20/h1-13,18H,15-17H2. The molecule has 2 heterocycles. The van der Waals surface area contributed by atoms with Gasteiger partial charge in [-0.05, 0) is 48.0 Å². The Labute approximate surface area is 221 Å². The molecule has 2 aromatic heterocycles. The Kier molecular flexibility index (Phi) is 7.23. The van der Waals surface area contributed by atoms with E-state index in [1.165, 1.54) is 41.6 Å². The summed E-state index contributed by atoms with van der Waals surface area (Å²) >= 11 is 0. The maximum atomic E-state index is 14.6. The van der Waals surface area contributed by atoms with Crippen LogP contribution in [0.25, 0.3) is 11.3 Å². The predicted octanol–water partition coefficient (Wildman–Crippen LogP) is 5.72. The smallest absolute Gasteiger partial charge is 0.290 e. The number of nitrogens with zero attached hydrogens (tertiary/aromatic N) is 5. The first-order chi connectivity index (χ1) is 18.9. The van der Waals surface area contributed by atoms with Crippen LogP contribution in [-0.2, 0) is 19.6 Å². The molecule has 1 amide bonds. The lowest BCUT2D eigenvalue weighted by atomic mass is 10.1. The molecule has 0 unspecified atom stereocenters. The number of halogens is 3. The monoisotopic (exact) mass is 527 g/mol. The molecule has 0 aliphatic carbocycles. The third-order valence-corrected chi connectivity index (χ3v) is 6.08. The number of hydrogen-bond donors (Lipinski definition) is 0. The van der Waals surface area contributed by atoms with Crippen LogP contribution >= 0.6 is 0 Å². The van der Waals surface area contributed by atoms with Gasteiger partial charge in [0.05, 0.1) is 30.3 Å². The zero-order valence-corrected chi connectivity index (χ0v) is 20.4. The molecule has 0 fully saturated rings. The van der Waals surface area contributed by atoms with E-state index in [1.54, 1.807) is 41.0 Å². The van der Waals surface area contributed by atoms with Gasteiger partial charge in [0, 0.05) is 18.2 Å². The van der Waals surface area contributed by atoms with Crippen molar-refractivity contribution in [1.29, 1.82) is 5.26 Å². The second-order valence-electron chi connectivity index (χ2n) is 8.72. The van der Waals surface area contributed by atoms with Gasteiger partial charge in [0.15, 0.2) is 11.6 Å². The zero-order valence-electron chi connectivity index (χ0n) is 20.4. The molecule has 0 atom stereocenters. The largest absolute Gasteiger partial charge is 0.451 e. The molecule has 194 valence electrons. The molecular weight excluding hydrogens is 507 g/mol. The molecule has 0 bridgehead atoms. The number of rotatable bonds is 8. The van der Waals surface area contributed by atoms with E-state index in [1.807, 2.05) is 0 Å². The number of carbonyl (C=O) groups excluding carboxylic acids is 1. The lowest BCUT2D eigenvalue weighted by Crippen LogP contribution is -2.31. The summed E-state index contributed by atoms with van der Waals surface area (Å²) in [5.41, 5.74) is 1.67. The van der Waals surface area contributed by atoms with E-state index in [0.717, 1.165) is 17.7 Å². The summed E-state index contributed by atoms with van der Waals surface area (Å²) in [4.78, 5) is 14.9. The highest BCUT2D eigenvalue weighted by molar-refractivity contribution is 5.92. The highest BCUT2D eigenvalue weighted by Gasteiger charge is 2.24. The predicted molar refractivity (Wildman–Crippen MR) is 134 cm³/mol. The fraction of sp³-hybridized carbons (Fsp3) is 0.103. The lowest BCUT2D eigenvalue weighted by Gasteiger charge is -2.22. The van der Waals surface area contributed by atoms with Crippen molar-refractivity contribution < 1.29 is 22.4 Å². The van der Waals surface area contributed by atoms with Crippen molar-refractivity contribution in [3.63, 3.8) is 0 Å². The van der Waals surface area contributed by atoms with Crippen molar-refractivity contribution in [2.24, 2.45) is 0 Å². The van der Waals surface area contributed by atoms with Gasteiger partial charge in [0.2, 0.25) is 0 Å². The summed E-state index contributed by atoms with van der Waals surface area (Å²) in [7, 11) is 0. The van der Waals surface area contributed by atoms with Gasteiger partial charge in [0.25, 0.3) is 5.91 Å². The Balaban J connectivity index is 1.44. The second kappa shape index (κ2) is 11.1. The molecule has 0 N–H and O–H groups in total. The van der Waals surface area contributed by atoms with Gasteiger partial charge in [0.1, 0.15) is 29.5 Å². The minimum atomic E-state index is -0.807. The Morgan fingerprint density at radius 1 is 0.949 bits per heavy atom. The fourth-order valence-corrected chi connectivity index (χ4v) is 4.06. The quantitative estimate of drug-likeness (QED) is 0.258. The summed E-state index contributed by atoms with van der Waals surface area (Å²) < 4.78 is 49.7. The van der Waals surface area contributed by atoms with E-state index in [9.17, 15) is 18.0 Å². The third-order valence-electron chi connectivity index (χ3n) is 6.08. The maximum absolute atomic E-state index is 14.6. The SMILES string of the molecule is N#Cc1ccc(Cn2cnnc2CN(Cc2ccc(F)cc2F)C(=O)c2ccc(-c3ccccc3F)o2)cc1. The molecule has 0 saturated carbocycles. The van der Waals surface area contributed by atoms with E-state index >= 15 is 0 Å².